The highest BCUT2D eigenvalue weighted by Gasteiger charge is 2.43. The molecule has 0 bridgehead atoms. The fourth-order valence-corrected chi connectivity index (χ4v) is 4.93. The summed E-state index contributed by atoms with van der Waals surface area (Å²) in [5.41, 5.74) is 0. The molecule has 0 amide bonds. The van der Waals surface area contributed by atoms with Crippen LogP contribution in [0.4, 0.5) is 0 Å². The van der Waals surface area contributed by atoms with Gasteiger partial charge in [-0.25, -0.2) is 10.2 Å². The zero-order valence-corrected chi connectivity index (χ0v) is 14.3. The molecule has 0 aliphatic rings. The van der Waals surface area contributed by atoms with E-state index in [0.717, 1.165) is 18.5 Å². The highest BCUT2D eigenvalue weighted by molar-refractivity contribution is 6.60. The Morgan fingerprint density at radius 1 is 0.947 bits per heavy atom. The van der Waals surface area contributed by atoms with Crippen molar-refractivity contribution in [1.29, 1.82) is 5.41 Å². The molecule has 0 saturated carbocycles. The van der Waals surface area contributed by atoms with Crippen molar-refractivity contribution in [2.75, 3.05) is 0 Å². The molecule has 0 aromatic heterocycles. The Kier molecular flexibility index (Phi) is 12.4. The lowest BCUT2D eigenvalue weighted by Gasteiger charge is -2.34. The second-order valence-corrected chi connectivity index (χ2v) is 7.61. The van der Waals surface area contributed by atoms with Crippen LogP contribution in [-0.4, -0.2) is 33.2 Å². The molecular formula is C13H29NO4Si. The maximum absolute atomic E-state index is 8.35. The van der Waals surface area contributed by atoms with E-state index in [2.05, 4.69) is 6.92 Å². The Morgan fingerprint density at radius 2 is 1.21 bits per heavy atom. The Bertz CT molecular complexity index is 224. The summed E-state index contributed by atoms with van der Waals surface area (Å²) < 4.78 is 18.0. The molecular weight excluding hydrogens is 262 g/mol. The summed E-state index contributed by atoms with van der Waals surface area (Å²) in [6.07, 6.45) is 2.22. The Balaban J connectivity index is 0. The summed E-state index contributed by atoms with van der Waals surface area (Å²) in [6, 6.07) is 0.890. The van der Waals surface area contributed by atoms with Gasteiger partial charge in [0.25, 0.3) is 0 Å². The predicted molar refractivity (Wildman–Crippen MR) is 77.9 cm³/mol. The second kappa shape index (κ2) is 11.3. The molecule has 0 heterocycles. The minimum Gasteiger partial charge on any atom is -0.371 e. The summed E-state index contributed by atoms with van der Waals surface area (Å²) >= 11 is 0. The summed E-state index contributed by atoms with van der Waals surface area (Å²) in [7, 11) is -2.48. The first kappa shape index (κ1) is 20.8. The fraction of sp³-hybridized carbons (Fsp3) is 0.923. The summed E-state index contributed by atoms with van der Waals surface area (Å²) in [4.78, 5) is 8.35. The van der Waals surface area contributed by atoms with Crippen LogP contribution in [-0.2, 0) is 18.1 Å². The molecule has 0 aromatic rings. The predicted octanol–water partition coefficient (Wildman–Crippen LogP) is 3.51. The molecule has 0 atom stereocenters. The van der Waals surface area contributed by atoms with Gasteiger partial charge in [-0.1, -0.05) is 13.3 Å². The Labute approximate surface area is 118 Å². The molecule has 19 heavy (non-hydrogen) atoms. The van der Waals surface area contributed by atoms with Crippen molar-refractivity contribution in [2.24, 2.45) is 0 Å². The molecule has 6 heteroatoms. The third-order valence-electron chi connectivity index (χ3n) is 1.80. The number of nitrogens with one attached hydrogen (secondary N) is 1. The van der Waals surface area contributed by atoms with Gasteiger partial charge in [0.2, 0.25) is 6.08 Å². The lowest BCUT2D eigenvalue weighted by Crippen LogP contribution is -2.50. The third-order valence-corrected chi connectivity index (χ3v) is 5.41. The molecule has 0 unspecified atom stereocenters. The smallest absolute Gasteiger partial charge is 0.371 e. The first-order valence-corrected chi connectivity index (χ1v) is 8.73. The van der Waals surface area contributed by atoms with Crippen molar-refractivity contribution in [3.63, 3.8) is 0 Å². The topological polar surface area (TPSA) is 68.6 Å². The Morgan fingerprint density at radius 3 is 1.37 bits per heavy atom. The highest BCUT2D eigenvalue weighted by Crippen LogP contribution is 2.23. The van der Waals surface area contributed by atoms with Crippen LogP contribution in [0.3, 0.4) is 0 Å². The maximum Gasteiger partial charge on any atom is 0.501 e. The molecule has 1 N–H and O–H groups in total. The summed E-state index contributed by atoms with van der Waals surface area (Å²) in [5.74, 6) is 0. The van der Waals surface area contributed by atoms with Gasteiger partial charge in [-0.3, -0.25) is 0 Å². The van der Waals surface area contributed by atoms with E-state index in [-0.39, 0.29) is 18.3 Å². The van der Waals surface area contributed by atoms with Crippen LogP contribution in [0.25, 0.3) is 0 Å². The molecule has 0 spiro atoms. The van der Waals surface area contributed by atoms with Crippen LogP contribution in [0.2, 0.25) is 6.04 Å². The normalized spacial score (nSPS) is 11.5. The zero-order valence-electron chi connectivity index (χ0n) is 13.3. The van der Waals surface area contributed by atoms with Crippen molar-refractivity contribution in [3.05, 3.63) is 0 Å². The van der Waals surface area contributed by atoms with E-state index >= 15 is 0 Å². The van der Waals surface area contributed by atoms with Gasteiger partial charge < -0.3 is 13.3 Å². The number of carbonyl (C=O) groups excluding carboxylic acids is 1. The van der Waals surface area contributed by atoms with Crippen LogP contribution >= 0.6 is 0 Å². The van der Waals surface area contributed by atoms with E-state index in [1.54, 1.807) is 0 Å². The lowest BCUT2D eigenvalue weighted by atomic mass is 10.5. The molecule has 0 fully saturated rings. The molecule has 114 valence electrons. The van der Waals surface area contributed by atoms with Gasteiger partial charge in [-0.2, -0.15) is 0 Å². The van der Waals surface area contributed by atoms with Gasteiger partial charge in [-0.15, -0.1) is 0 Å². The van der Waals surface area contributed by atoms with Gasteiger partial charge in [0.05, 0.1) is 0 Å². The van der Waals surface area contributed by atoms with E-state index in [1.165, 1.54) is 0 Å². The fourth-order valence-electron chi connectivity index (χ4n) is 1.64. The lowest BCUT2D eigenvalue weighted by molar-refractivity contribution is 0.00314. The third kappa shape index (κ3) is 12.3. The van der Waals surface area contributed by atoms with Crippen LogP contribution in [0, 0.1) is 5.41 Å². The minimum atomic E-state index is -2.48. The van der Waals surface area contributed by atoms with E-state index in [9.17, 15) is 0 Å². The molecule has 0 radical (unpaired) electrons. The van der Waals surface area contributed by atoms with Crippen molar-refractivity contribution in [3.8, 4) is 0 Å². The van der Waals surface area contributed by atoms with E-state index in [0.29, 0.717) is 0 Å². The van der Waals surface area contributed by atoms with Gasteiger partial charge >= 0.3 is 8.80 Å². The SMILES string of the molecule is CCC[Si](OC(C)C)(OC(C)C)OC(C)C.N=C=O. The van der Waals surface area contributed by atoms with Crippen molar-refractivity contribution in [1.82, 2.24) is 0 Å². The molecule has 0 saturated heterocycles. The van der Waals surface area contributed by atoms with Crippen molar-refractivity contribution >= 4 is 14.9 Å². The minimum absolute atomic E-state index is 0.149. The summed E-state index contributed by atoms with van der Waals surface area (Å²) in [5, 5.41) is 5.40. The zero-order chi connectivity index (χ0) is 15.5. The monoisotopic (exact) mass is 291 g/mol. The van der Waals surface area contributed by atoms with Gasteiger partial charge in [0, 0.05) is 24.4 Å². The quantitative estimate of drug-likeness (QED) is 0.422. The average molecular weight is 291 g/mol. The van der Waals surface area contributed by atoms with E-state index in [1.807, 2.05) is 41.5 Å². The standard InChI is InChI=1S/C12H28O3Si.CHNO/c1-8-9-16(13-10(2)3,14-11(4)5)15-12(6)7;2-1-3/h10-12H,8-9H2,1-7H3;2H. The average Bonchev–Trinajstić information content (AvgIpc) is 2.14. The van der Waals surface area contributed by atoms with Gasteiger partial charge in [-0.05, 0) is 41.5 Å². The number of rotatable bonds is 8. The highest BCUT2D eigenvalue weighted by atomic mass is 28.4. The van der Waals surface area contributed by atoms with Crippen LogP contribution in [0.5, 0.6) is 0 Å². The number of hydrogen-bond donors (Lipinski definition) is 1. The molecule has 0 aliphatic heterocycles. The van der Waals surface area contributed by atoms with E-state index < -0.39 is 8.80 Å². The molecule has 0 rings (SSSR count). The van der Waals surface area contributed by atoms with Crippen LogP contribution < -0.4 is 0 Å². The Hall–Kier alpha value is -0.523. The first-order valence-electron chi connectivity index (χ1n) is 6.80. The van der Waals surface area contributed by atoms with Crippen LogP contribution in [0.15, 0.2) is 0 Å². The molecule has 0 aliphatic carbocycles. The van der Waals surface area contributed by atoms with Gasteiger partial charge in [0.15, 0.2) is 0 Å². The van der Waals surface area contributed by atoms with Crippen molar-refractivity contribution in [2.45, 2.75) is 79.2 Å². The number of isocyanates is 1. The van der Waals surface area contributed by atoms with E-state index in [4.69, 9.17) is 23.5 Å². The number of hydrogen-bond acceptors (Lipinski definition) is 5. The molecule has 0 aromatic carbocycles. The molecule has 5 nitrogen and oxygen atoms in total. The largest absolute Gasteiger partial charge is 0.501 e. The van der Waals surface area contributed by atoms with Crippen molar-refractivity contribution < 1.29 is 18.1 Å². The summed E-state index contributed by atoms with van der Waals surface area (Å²) in [6.45, 7) is 14.3. The first-order chi connectivity index (χ1) is 8.72. The second-order valence-electron chi connectivity index (χ2n) is 5.03. The maximum atomic E-state index is 8.35. The van der Waals surface area contributed by atoms with Crippen LogP contribution in [0.1, 0.15) is 54.9 Å². The van der Waals surface area contributed by atoms with Gasteiger partial charge in [0.1, 0.15) is 0 Å².